The van der Waals surface area contributed by atoms with Crippen molar-refractivity contribution in [2.45, 2.75) is 71.1 Å². The third kappa shape index (κ3) is 16.7. The maximum absolute atomic E-state index is 10.3. The van der Waals surface area contributed by atoms with E-state index in [0.717, 1.165) is 44.9 Å². The third-order valence-corrected chi connectivity index (χ3v) is 3.04. The van der Waals surface area contributed by atoms with Gasteiger partial charge in [0, 0.05) is 6.42 Å². The Hall–Kier alpha value is -1.31. The van der Waals surface area contributed by atoms with Crippen molar-refractivity contribution in [1.82, 2.24) is 0 Å². The molecule has 114 valence electrons. The zero-order valence-electron chi connectivity index (χ0n) is 12.9. The van der Waals surface area contributed by atoms with Crippen LogP contribution >= 0.6 is 0 Å². The molecule has 0 aromatic heterocycles. The van der Waals surface area contributed by atoms with Crippen molar-refractivity contribution >= 4 is 5.97 Å². The molecule has 0 atom stereocenters. The van der Waals surface area contributed by atoms with Crippen LogP contribution in [0, 0.1) is 0 Å². The van der Waals surface area contributed by atoms with E-state index in [9.17, 15) is 4.79 Å². The first kappa shape index (κ1) is 18.7. The zero-order valence-corrected chi connectivity index (χ0v) is 12.9. The van der Waals surface area contributed by atoms with E-state index in [1.165, 1.54) is 12.8 Å². The average molecular weight is 278 g/mol. The van der Waals surface area contributed by atoms with E-state index in [2.05, 4.69) is 43.4 Å². The number of carboxylic acids is 1. The minimum atomic E-state index is -0.680. The van der Waals surface area contributed by atoms with Crippen LogP contribution in [0.1, 0.15) is 71.1 Å². The van der Waals surface area contributed by atoms with Crippen molar-refractivity contribution in [1.29, 1.82) is 0 Å². The molecule has 0 aliphatic heterocycles. The molecule has 0 saturated heterocycles. The Kier molecular flexibility index (Phi) is 14.7. The maximum Gasteiger partial charge on any atom is 0.303 e. The quantitative estimate of drug-likeness (QED) is 0.268. The highest BCUT2D eigenvalue weighted by atomic mass is 16.4. The van der Waals surface area contributed by atoms with E-state index < -0.39 is 5.97 Å². The van der Waals surface area contributed by atoms with E-state index >= 15 is 0 Å². The second kappa shape index (κ2) is 15.7. The van der Waals surface area contributed by atoms with Crippen molar-refractivity contribution in [3.05, 3.63) is 36.5 Å². The first-order valence-electron chi connectivity index (χ1n) is 7.95. The Bertz CT molecular complexity index is 301. The maximum atomic E-state index is 10.3. The summed E-state index contributed by atoms with van der Waals surface area (Å²) in [5.74, 6) is -0.680. The van der Waals surface area contributed by atoms with Gasteiger partial charge in [0.15, 0.2) is 0 Å². The molecule has 2 nitrogen and oxygen atoms in total. The number of allylic oxidation sites excluding steroid dienone is 6. The molecule has 0 saturated carbocycles. The van der Waals surface area contributed by atoms with Gasteiger partial charge in [-0.25, -0.2) is 0 Å². The van der Waals surface area contributed by atoms with Crippen LogP contribution in [0.25, 0.3) is 0 Å². The number of aliphatic carboxylic acids is 1. The van der Waals surface area contributed by atoms with Crippen LogP contribution < -0.4 is 0 Å². The standard InChI is InChI=1S/C18H30O2/c1-2-3-4-5-6-7-8-9-10-11-12-13-14-15-16-17-18(19)20/h3-4,8-11H,2,5-7,12-17H2,1H3,(H,19,20). The second-order valence-electron chi connectivity index (χ2n) is 5.01. The van der Waals surface area contributed by atoms with Gasteiger partial charge in [-0.05, 0) is 44.9 Å². The molecule has 0 bridgehead atoms. The lowest BCUT2D eigenvalue weighted by atomic mass is 10.1. The lowest BCUT2D eigenvalue weighted by Crippen LogP contribution is -1.93. The number of carbonyl (C=O) groups is 1. The van der Waals surface area contributed by atoms with E-state index in [-0.39, 0.29) is 0 Å². The van der Waals surface area contributed by atoms with E-state index in [4.69, 9.17) is 5.11 Å². The van der Waals surface area contributed by atoms with Crippen molar-refractivity contribution in [2.75, 3.05) is 0 Å². The molecule has 0 radical (unpaired) electrons. The number of carboxylic acid groups (broad SMARTS) is 1. The highest BCUT2D eigenvalue weighted by molar-refractivity contribution is 5.66. The number of hydrogen-bond acceptors (Lipinski definition) is 1. The Morgan fingerprint density at radius 1 is 0.800 bits per heavy atom. The predicted molar refractivity (Wildman–Crippen MR) is 86.9 cm³/mol. The summed E-state index contributed by atoms with van der Waals surface area (Å²) in [7, 11) is 0. The Labute approximate surface area is 124 Å². The van der Waals surface area contributed by atoms with E-state index in [1.54, 1.807) is 0 Å². The highest BCUT2D eigenvalue weighted by Crippen LogP contribution is 2.06. The first-order chi connectivity index (χ1) is 9.77. The van der Waals surface area contributed by atoms with Crippen molar-refractivity contribution in [2.24, 2.45) is 0 Å². The molecule has 0 heterocycles. The van der Waals surface area contributed by atoms with Crippen LogP contribution in [0.2, 0.25) is 0 Å². The molecular weight excluding hydrogens is 248 g/mol. The molecular formula is C18H30O2. The fourth-order valence-electron chi connectivity index (χ4n) is 1.88. The van der Waals surface area contributed by atoms with Gasteiger partial charge in [0.1, 0.15) is 0 Å². The summed E-state index contributed by atoms with van der Waals surface area (Å²) < 4.78 is 0. The van der Waals surface area contributed by atoms with Crippen molar-refractivity contribution in [3.8, 4) is 0 Å². The van der Waals surface area contributed by atoms with Crippen molar-refractivity contribution < 1.29 is 9.90 Å². The molecule has 0 rings (SSSR count). The van der Waals surface area contributed by atoms with Gasteiger partial charge in [-0.15, -0.1) is 0 Å². The smallest absolute Gasteiger partial charge is 0.303 e. The van der Waals surface area contributed by atoms with Gasteiger partial charge in [0.05, 0.1) is 0 Å². The first-order valence-corrected chi connectivity index (χ1v) is 7.95. The lowest BCUT2D eigenvalue weighted by Gasteiger charge is -1.96. The summed E-state index contributed by atoms with van der Waals surface area (Å²) in [5, 5.41) is 8.49. The topological polar surface area (TPSA) is 37.3 Å². The molecule has 0 amide bonds. The largest absolute Gasteiger partial charge is 0.481 e. The van der Waals surface area contributed by atoms with Gasteiger partial charge in [0.2, 0.25) is 0 Å². The van der Waals surface area contributed by atoms with Crippen LogP contribution in [0.5, 0.6) is 0 Å². The summed E-state index contributed by atoms with van der Waals surface area (Å²) in [6.45, 7) is 2.16. The molecule has 0 aromatic carbocycles. The van der Waals surface area contributed by atoms with Gasteiger partial charge in [-0.1, -0.05) is 56.2 Å². The molecule has 2 heteroatoms. The normalized spacial score (nSPS) is 12.1. The van der Waals surface area contributed by atoms with Gasteiger partial charge < -0.3 is 5.11 Å². The van der Waals surface area contributed by atoms with E-state index in [1.807, 2.05) is 0 Å². The molecule has 1 N–H and O–H groups in total. The molecule has 0 unspecified atom stereocenters. The molecule has 20 heavy (non-hydrogen) atoms. The number of unbranched alkanes of at least 4 members (excludes halogenated alkanes) is 6. The minimum Gasteiger partial charge on any atom is -0.481 e. The van der Waals surface area contributed by atoms with Crippen LogP contribution in [0.3, 0.4) is 0 Å². The molecule has 0 fully saturated rings. The second-order valence-corrected chi connectivity index (χ2v) is 5.01. The Balaban J connectivity index is 3.26. The summed E-state index contributed by atoms with van der Waals surface area (Å²) in [4.78, 5) is 10.3. The number of rotatable bonds is 13. The summed E-state index contributed by atoms with van der Waals surface area (Å²) in [5.41, 5.74) is 0. The Morgan fingerprint density at radius 2 is 1.40 bits per heavy atom. The average Bonchev–Trinajstić information content (AvgIpc) is 2.43. The fourth-order valence-corrected chi connectivity index (χ4v) is 1.88. The zero-order chi connectivity index (χ0) is 14.9. The predicted octanol–water partition coefficient (Wildman–Crippen LogP) is 5.66. The SMILES string of the molecule is CCC=CCCCC=CC=CCCCCCCC(=O)O. The van der Waals surface area contributed by atoms with Gasteiger partial charge in [-0.2, -0.15) is 0 Å². The molecule has 0 aliphatic carbocycles. The summed E-state index contributed by atoms with van der Waals surface area (Å²) in [6.07, 6.45) is 23.4. The van der Waals surface area contributed by atoms with Gasteiger partial charge in [0.25, 0.3) is 0 Å². The van der Waals surface area contributed by atoms with Crippen LogP contribution in [0.4, 0.5) is 0 Å². The third-order valence-electron chi connectivity index (χ3n) is 3.04. The summed E-state index contributed by atoms with van der Waals surface area (Å²) in [6, 6.07) is 0. The monoisotopic (exact) mass is 278 g/mol. The highest BCUT2D eigenvalue weighted by Gasteiger charge is 1.95. The van der Waals surface area contributed by atoms with Gasteiger partial charge >= 0.3 is 5.97 Å². The van der Waals surface area contributed by atoms with Crippen LogP contribution in [0.15, 0.2) is 36.5 Å². The minimum absolute atomic E-state index is 0.312. The van der Waals surface area contributed by atoms with Crippen LogP contribution in [-0.4, -0.2) is 11.1 Å². The van der Waals surface area contributed by atoms with Crippen LogP contribution in [-0.2, 0) is 4.79 Å². The summed E-state index contributed by atoms with van der Waals surface area (Å²) >= 11 is 0. The van der Waals surface area contributed by atoms with E-state index in [0.29, 0.717) is 6.42 Å². The molecule has 0 spiro atoms. The molecule has 0 aromatic rings. The fraction of sp³-hybridized carbons (Fsp3) is 0.611. The molecule has 0 aliphatic rings. The Morgan fingerprint density at radius 3 is 2.05 bits per heavy atom. The number of hydrogen-bond donors (Lipinski definition) is 1. The lowest BCUT2D eigenvalue weighted by molar-refractivity contribution is -0.137. The van der Waals surface area contributed by atoms with Crippen molar-refractivity contribution in [3.63, 3.8) is 0 Å². The van der Waals surface area contributed by atoms with Gasteiger partial charge in [-0.3, -0.25) is 4.79 Å².